The van der Waals surface area contributed by atoms with Crippen LogP contribution in [0.4, 0.5) is 0 Å². The van der Waals surface area contributed by atoms with Crippen molar-refractivity contribution in [3.63, 3.8) is 0 Å². The van der Waals surface area contributed by atoms with Crippen molar-refractivity contribution in [2.24, 2.45) is 0 Å². The molecule has 0 aromatic rings. The lowest BCUT2D eigenvalue weighted by atomic mass is 10.1. The highest BCUT2D eigenvalue weighted by Gasteiger charge is 2.22. The molecule has 0 bridgehead atoms. The lowest BCUT2D eigenvalue weighted by molar-refractivity contribution is -0.0363. The van der Waals surface area contributed by atoms with E-state index in [9.17, 15) is 0 Å². The van der Waals surface area contributed by atoms with Gasteiger partial charge >= 0.3 is 0 Å². The molecule has 164 valence electrons. The topological polar surface area (TPSA) is 49.0 Å². The second kappa shape index (κ2) is 17.1. The Balaban J connectivity index is 3.68. The molecule has 0 atom stereocenters. The first-order chi connectivity index (χ1) is 12.8. The van der Waals surface area contributed by atoms with Gasteiger partial charge in [-0.05, 0) is 52.6 Å². The molecule has 0 aliphatic heterocycles. The molecule has 1 N–H and O–H groups in total. The Morgan fingerprint density at radius 2 is 1.04 bits per heavy atom. The summed E-state index contributed by atoms with van der Waals surface area (Å²) in [5.41, 5.74) is -0.273. The van der Waals surface area contributed by atoms with Crippen LogP contribution in [0.1, 0.15) is 66.2 Å². The van der Waals surface area contributed by atoms with Crippen LogP contribution in [0.15, 0.2) is 0 Å². The second-order valence-electron chi connectivity index (χ2n) is 8.63. The summed E-state index contributed by atoms with van der Waals surface area (Å²) in [5.74, 6) is 0. The van der Waals surface area contributed by atoms with Gasteiger partial charge in [0.15, 0.2) is 19.5 Å². The Morgan fingerprint density at radius 3 is 1.41 bits per heavy atom. The minimum absolute atomic E-state index is 0.136. The maximum Gasteiger partial charge on any atom is 0.161 e. The maximum atomic E-state index is 6.07. The van der Waals surface area contributed by atoms with Crippen LogP contribution in [0, 0.1) is 0 Å². The number of hydrogen-bond donors (Lipinski definition) is 1. The van der Waals surface area contributed by atoms with Crippen molar-refractivity contribution in [2.75, 3.05) is 40.5 Å². The average molecular weight is 422 g/mol. The maximum absolute atomic E-state index is 6.07. The van der Waals surface area contributed by atoms with Gasteiger partial charge in [-0.2, -0.15) is 0 Å². The van der Waals surface area contributed by atoms with E-state index in [1.165, 1.54) is 37.8 Å². The number of hydrogen-bond acceptors (Lipinski definition) is 5. The number of rotatable bonds is 20. The van der Waals surface area contributed by atoms with Crippen molar-refractivity contribution >= 4 is 19.5 Å². The predicted octanol–water partition coefficient (Wildman–Crippen LogP) is 2.80. The Kier molecular flexibility index (Phi) is 17.3. The second-order valence-corrected chi connectivity index (χ2v) is 12.0. The molecule has 27 heavy (non-hydrogen) atoms. The quantitative estimate of drug-likeness (QED) is 0.242. The molecular formula is C20H47NO4Si2. The van der Waals surface area contributed by atoms with Crippen LogP contribution in [0.25, 0.3) is 0 Å². The molecule has 0 aromatic heterocycles. The molecule has 0 aromatic carbocycles. The van der Waals surface area contributed by atoms with E-state index in [2.05, 4.69) is 33.0 Å². The van der Waals surface area contributed by atoms with Gasteiger partial charge < -0.3 is 23.6 Å². The van der Waals surface area contributed by atoms with Gasteiger partial charge in [-0.3, -0.25) is 0 Å². The zero-order chi connectivity index (χ0) is 20.4. The first-order valence-electron chi connectivity index (χ1n) is 10.8. The summed E-state index contributed by atoms with van der Waals surface area (Å²) in [5, 5.41) is 3.53. The van der Waals surface area contributed by atoms with Gasteiger partial charge in [-0.15, -0.1) is 0 Å². The molecule has 0 heterocycles. The molecule has 0 saturated carbocycles. The molecule has 0 radical (unpaired) electrons. The van der Waals surface area contributed by atoms with Crippen molar-refractivity contribution in [2.45, 2.75) is 89.5 Å². The zero-order valence-electron chi connectivity index (χ0n) is 19.0. The highest BCUT2D eigenvalue weighted by atomic mass is 28.2. The summed E-state index contributed by atoms with van der Waals surface area (Å²) in [4.78, 5) is 0. The lowest BCUT2D eigenvalue weighted by Gasteiger charge is -2.30. The predicted molar refractivity (Wildman–Crippen MR) is 121 cm³/mol. The summed E-state index contributed by atoms with van der Waals surface area (Å²) in [7, 11) is 3.16. The zero-order valence-corrected chi connectivity index (χ0v) is 21.9. The van der Waals surface area contributed by atoms with E-state index in [1.807, 2.05) is 14.2 Å². The standard InChI is InChI=1S/C20H47NO4Si2/c1-19(2,24-13-9-7-11-15-26-22-5)17-21-18-20(3,4)25-14-10-8-12-16-27-23-6/h21H,7-18,26-27H2,1-6H3. The Bertz CT molecular complexity index is 301. The summed E-state index contributed by atoms with van der Waals surface area (Å²) < 4.78 is 22.6. The SMILES string of the molecule is CO[SiH2]CCCCCOC(C)(C)CNCC(C)(C)OCCCCC[SiH2]OC. The van der Waals surface area contributed by atoms with Gasteiger partial charge in [0, 0.05) is 40.5 Å². The molecule has 0 aliphatic rings. The first kappa shape index (κ1) is 27.2. The largest absolute Gasteiger partial charge is 0.427 e. The van der Waals surface area contributed by atoms with Crippen LogP contribution < -0.4 is 5.32 Å². The van der Waals surface area contributed by atoms with Crippen LogP contribution >= 0.6 is 0 Å². The summed E-state index contributed by atoms with van der Waals surface area (Å²) in [6.07, 6.45) is 7.33. The fourth-order valence-corrected chi connectivity index (χ4v) is 4.56. The molecule has 0 unspecified atom stereocenters. The fourth-order valence-electron chi connectivity index (χ4n) is 2.87. The molecule has 0 aliphatic carbocycles. The van der Waals surface area contributed by atoms with E-state index in [-0.39, 0.29) is 30.7 Å². The Hall–Kier alpha value is 0.234. The Morgan fingerprint density at radius 1 is 0.630 bits per heavy atom. The van der Waals surface area contributed by atoms with Gasteiger partial charge in [0.05, 0.1) is 11.2 Å². The van der Waals surface area contributed by atoms with E-state index < -0.39 is 0 Å². The minimum Gasteiger partial charge on any atom is -0.427 e. The smallest absolute Gasteiger partial charge is 0.161 e. The van der Waals surface area contributed by atoms with Crippen molar-refractivity contribution in [1.29, 1.82) is 0 Å². The Labute approximate surface area is 173 Å². The molecular weight excluding hydrogens is 374 g/mol. The summed E-state index contributed by atoms with van der Waals surface area (Å²) in [6, 6.07) is 2.57. The monoisotopic (exact) mass is 421 g/mol. The van der Waals surface area contributed by atoms with Crippen LogP contribution in [-0.4, -0.2) is 71.3 Å². The average Bonchev–Trinajstić information content (AvgIpc) is 2.59. The third-order valence-electron chi connectivity index (χ3n) is 4.57. The van der Waals surface area contributed by atoms with E-state index in [4.69, 9.17) is 18.3 Å². The molecule has 5 nitrogen and oxygen atoms in total. The van der Waals surface area contributed by atoms with E-state index in [1.54, 1.807) is 0 Å². The van der Waals surface area contributed by atoms with Crippen LogP contribution in [0.3, 0.4) is 0 Å². The molecule has 0 fully saturated rings. The third kappa shape index (κ3) is 19.3. The van der Waals surface area contributed by atoms with E-state index >= 15 is 0 Å². The summed E-state index contributed by atoms with van der Waals surface area (Å²) in [6.45, 7) is 12.0. The van der Waals surface area contributed by atoms with Gasteiger partial charge in [0.25, 0.3) is 0 Å². The van der Waals surface area contributed by atoms with Crippen LogP contribution in [-0.2, 0) is 18.3 Å². The third-order valence-corrected chi connectivity index (χ3v) is 6.97. The molecule has 0 spiro atoms. The van der Waals surface area contributed by atoms with Gasteiger partial charge in [-0.25, -0.2) is 0 Å². The molecule has 0 saturated heterocycles. The van der Waals surface area contributed by atoms with Gasteiger partial charge in [0.1, 0.15) is 0 Å². The van der Waals surface area contributed by atoms with E-state index in [0.29, 0.717) is 0 Å². The van der Waals surface area contributed by atoms with Crippen molar-refractivity contribution in [1.82, 2.24) is 5.32 Å². The van der Waals surface area contributed by atoms with Gasteiger partial charge in [-0.1, -0.05) is 25.7 Å². The minimum atomic E-state index is -0.244. The van der Waals surface area contributed by atoms with Crippen molar-refractivity contribution in [3.8, 4) is 0 Å². The van der Waals surface area contributed by atoms with Crippen molar-refractivity contribution in [3.05, 3.63) is 0 Å². The fraction of sp³-hybridized carbons (Fsp3) is 1.00. The van der Waals surface area contributed by atoms with Crippen LogP contribution in [0.2, 0.25) is 12.1 Å². The highest BCUT2D eigenvalue weighted by molar-refractivity contribution is 6.27. The van der Waals surface area contributed by atoms with E-state index in [0.717, 1.165) is 39.1 Å². The number of unbranched alkanes of at least 4 members (excludes halogenated alkanes) is 4. The van der Waals surface area contributed by atoms with Crippen LogP contribution in [0.5, 0.6) is 0 Å². The lowest BCUT2D eigenvalue weighted by Crippen LogP contribution is -2.44. The van der Waals surface area contributed by atoms with Crippen molar-refractivity contribution < 1.29 is 18.3 Å². The molecule has 7 heteroatoms. The normalized spacial score (nSPS) is 13.6. The number of ether oxygens (including phenoxy) is 2. The highest BCUT2D eigenvalue weighted by Crippen LogP contribution is 2.13. The van der Waals surface area contributed by atoms with Gasteiger partial charge in [0.2, 0.25) is 0 Å². The number of nitrogens with one attached hydrogen (secondary N) is 1. The molecule has 0 rings (SSSR count). The summed E-state index contributed by atoms with van der Waals surface area (Å²) >= 11 is 0. The first-order valence-corrected chi connectivity index (χ1v) is 13.9. The molecule has 0 amide bonds.